The van der Waals surface area contributed by atoms with Crippen LogP contribution in [0.25, 0.3) is 0 Å². The maximum absolute atomic E-state index is 10.7. The number of hydrogen-bond acceptors (Lipinski definition) is 5. The fraction of sp³-hybridized carbons (Fsp3) is 0.917. The Kier molecular flexibility index (Phi) is 4.17. The van der Waals surface area contributed by atoms with E-state index in [9.17, 15) is 15.0 Å². The van der Waals surface area contributed by atoms with Crippen LogP contribution in [0, 0.1) is 0 Å². The number of aliphatic hydroxyl groups is 2. The quantitative estimate of drug-likeness (QED) is 0.711. The molecular weight excluding hydrogens is 224 g/mol. The molecule has 5 nitrogen and oxygen atoms in total. The van der Waals surface area contributed by atoms with Crippen LogP contribution in [0.15, 0.2) is 0 Å². The molecule has 0 saturated carbocycles. The number of hydrogen-bond donors (Lipinski definition) is 2. The summed E-state index contributed by atoms with van der Waals surface area (Å²) in [5.74, 6) is -0.426. The second-order valence-corrected chi connectivity index (χ2v) is 5.43. The van der Waals surface area contributed by atoms with E-state index >= 15 is 0 Å². The normalized spacial score (nSPS) is 31.3. The first-order chi connectivity index (χ1) is 7.65. The Morgan fingerprint density at radius 3 is 2.65 bits per heavy atom. The van der Waals surface area contributed by atoms with E-state index in [0.29, 0.717) is 12.8 Å². The summed E-state index contributed by atoms with van der Waals surface area (Å²) in [6.45, 7) is 6.35. The van der Waals surface area contributed by atoms with Gasteiger partial charge in [-0.3, -0.25) is 4.79 Å². The van der Waals surface area contributed by atoms with E-state index in [4.69, 9.17) is 9.47 Å². The fourth-order valence-electron chi connectivity index (χ4n) is 1.98. The van der Waals surface area contributed by atoms with Gasteiger partial charge in [0.25, 0.3) is 0 Å². The Morgan fingerprint density at radius 1 is 1.65 bits per heavy atom. The largest absolute Gasteiger partial charge is 0.463 e. The van der Waals surface area contributed by atoms with Gasteiger partial charge in [-0.1, -0.05) is 0 Å². The summed E-state index contributed by atoms with van der Waals surface area (Å²) in [7, 11) is 0. The van der Waals surface area contributed by atoms with Crippen LogP contribution in [0.4, 0.5) is 0 Å². The Balaban J connectivity index is 2.56. The molecule has 0 aromatic carbocycles. The van der Waals surface area contributed by atoms with Crippen LogP contribution < -0.4 is 0 Å². The molecule has 0 spiro atoms. The van der Waals surface area contributed by atoms with Crippen molar-refractivity contribution < 1.29 is 24.5 Å². The molecule has 1 aliphatic rings. The lowest BCUT2D eigenvalue weighted by molar-refractivity contribution is -0.171. The Bertz CT molecular complexity index is 283. The van der Waals surface area contributed by atoms with E-state index in [-0.39, 0.29) is 12.7 Å². The summed E-state index contributed by atoms with van der Waals surface area (Å²) < 4.78 is 10.5. The van der Waals surface area contributed by atoms with Gasteiger partial charge < -0.3 is 19.7 Å². The van der Waals surface area contributed by atoms with Crippen LogP contribution in [-0.2, 0) is 14.3 Å². The van der Waals surface area contributed by atoms with Crippen molar-refractivity contribution in [2.45, 2.75) is 63.9 Å². The van der Waals surface area contributed by atoms with Gasteiger partial charge in [0.1, 0.15) is 12.7 Å². The lowest BCUT2D eigenvalue weighted by Crippen LogP contribution is -2.45. The second kappa shape index (κ2) is 4.92. The van der Waals surface area contributed by atoms with Crippen molar-refractivity contribution in [3.63, 3.8) is 0 Å². The average Bonchev–Trinajstić information content (AvgIpc) is 2.58. The van der Waals surface area contributed by atoms with E-state index in [1.54, 1.807) is 20.8 Å². The molecule has 2 N–H and O–H groups in total. The molecule has 0 aromatic heterocycles. The molecule has 1 heterocycles. The number of carbonyl (C=O) groups is 1. The summed E-state index contributed by atoms with van der Waals surface area (Å²) in [5.41, 5.74) is -1.70. The molecule has 1 rings (SSSR count). The molecule has 5 heteroatoms. The minimum absolute atomic E-state index is 0.0790. The van der Waals surface area contributed by atoms with Crippen LogP contribution in [0.2, 0.25) is 0 Å². The molecule has 3 atom stereocenters. The van der Waals surface area contributed by atoms with Gasteiger partial charge in [0.2, 0.25) is 0 Å². The third kappa shape index (κ3) is 3.66. The minimum Gasteiger partial charge on any atom is -0.463 e. The van der Waals surface area contributed by atoms with E-state index in [2.05, 4.69) is 0 Å². The molecule has 1 fully saturated rings. The molecular formula is C12H22O5. The van der Waals surface area contributed by atoms with Crippen LogP contribution in [0.1, 0.15) is 40.5 Å². The van der Waals surface area contributed by atoms with Gasteiger partial charge in [-0.05, 0) is 33.6 Å². The molecule has 0 amide bonds. The number of ether oxygens (including phenoxy) is 2. The summed E-state index contributed by atoms with van der Waals surface area (Å²) in [6.07, 6.45) is 0.125. The van der Waals surface area contributed by atoms with Crippen LogP contribution in [0.3, 0.4) is 0 Å². The molecule has 17 heavy (non-hydrogen) atoms. The van der Waals surface area contributed by atoms with E-state index in [0.717, 1.165) is 0 Å². The molecule has 0 bridgehead atoms. The monoisotopic (exact) mass is 246 g/mol. The first-order valence-electron chi connectivity index (χ1n) is 5.87. The maximum Gasteiger partial charge on any atom is 0.302 e. The summed E-state index contributed by atoms with van der Waals surface area (Å²) in [6, 6.07) is 0. The number of rotatable bonds is 4. The first kappa shape index (κ1) is 14.4. The number of carbonyl (C=O) groups excluding carboxylic acids is 1. The molecule has 0 aliphatic carbocycles. The highest BCUT2D eigenvalue weighted by Gasteiger charge is 2.46. The van der Waals surface area contributed by atoms with Crippen LogP contribution in [-0.4, -0.2) is 46.2 Å². The first-order valence-corrected chi connectivity index (χ1v) is 5.87. The van der Waals surface area contributed by atoms with Crippen molar-refractivity contribution in [1.29, 1.82) is 0 Å². The maximum atomic E-state index is 10.7. The third-order valence-corrected chi connectivity index (χ3v) is 3.25. The SMILES string of the molecule is CC(=O)OC[C@H](O)[C@]1(C)CCC(C(C)(C)O)O1. The van der Waals surface area contributed by atoms with Gasteiger partial charge in [0, 0.05) is 6.92 Å². The van der Waals surface area contributed by atoms with Gasteiger partial charge in [-0.25, -0.2) is 0 Å². The van der Waals surface area contributed by atoms with E-state index in [1.807, 2.05) is 0 Å². The highest BCUT2D eigenvalue weighted by Crippen LogP contribution is 2.37. The second-order valence-electron chi connectivity index (χ2n) is 5.43. The van der Waals surface area contributed by atoms with E-state index < -0.39 is 23.3 Å². The predicted molar refractivity (Wildman–Crippen MR) is 61.4 cm³/mol. The van der Waals surface area contributed by atoms with Crippen LogP contribution >= 0.6 is 0 Å². The van der Waals surface area contributed by atoms with Gasteiger partial charge in [-0.15, -0.1) is 0 Å². The predicted octanol–water partition coefficient (Wildman–Crippen LogP) is 0.619. The topological polar surface area (TPSA) is 76.0 Å². The molecule has 1 aliphatic heterocycles. The lowest BCUT2D eigenvalue weighted by atomic mass is 9.94. The van der Waals surface area contributed by atoms with Crippen molar-refractivity contribution in [3.05, 3.63) is 0 Å². The van der Waals surface area contributed by atoms with Crippen molar-refractivity contribution in [2.24, 2.45) is 0 Å². The van der Waals surface area contributed by atoms with E-state index in [1.165, 1.54) is 6.92 Å². The molecule has 1 saturated heterocycles. The van der Waals surface area contributed by atoms with Crippen molar-refractivity contribution in [1.82, 2.24) is 0 Å². The zero-order valence-electron chi connectivity index (χ0n) is 10.9. The highest BCUT2D eigenvalue weighted by atomic mass is 16.6. The number of aliphatic hydroxyl groups excluding tert-OH is 1. The zero-order valence-corrected chi connectivity index (χ0v) is 10.9. The summed E-state index contributed by atoms with van der Waals surface area (Å²) in [4.78, 5) is 10.7. The highest BCUT2D eigenvalue weighted by molar-refractivity contribution is 5.65. The lowest BCUT2D eigenvalue weighted by Gasteiger charge is -2.33. The third-order valence-electron chi connectivity index (χ3n) is 3.25. The smallest absolute Gasteiger partial charge is 0.302 e. The van der Waals surface area contributed by atoms with Gasteiger partial charge in [-0.2, -0.15) is 0 Å². The Morgan fingerprint density at radius 2 is 2.24 bits per heavy atom. The Labute approximate surface area is 102 Å². The zero-order chi connectivity index (χ0) is 13.3. The minimum atomic E-state index is -0.932. The summed E-state index contributed by atoms with van der Waals surface area (Å²) >= 11 is 0. The van der Waals surface area contributed by atoms with Gasteiger partial charge in [0.05, 0.1) is 17.3 Å². The Hall–Kier alpha value is -0.650. The van der Waals surface area contributed by atoms with Crippen molar-refractivity contribution in [3.8, 4) is 0 Å². The molecule has 0 radical (unpaired) electrons. The molecule has 0 aromatic rings. The average molecular weight is 246 g/mol. The number of esters is 1. The van der Waals surface area contributed by atoms with Crippen molar-refractivity contribution >= 4 is 5.97 Å². The summed E-state index contributed by atoms with van der Waals surface area (Å²) in [5, 5.41) is 19.8. The van der Waals surface area contributed by atoms with Gasteiger partial charge in [0.15, 0.2) is 0 Å². The molecule has 1 unspecified atom stereocenters. The standard InChI is InChI=1S/C12H22O5/c1-8(13)16-7-9(14)12(4)6-5-10(17-12)11(2,3)15/h9-10,14-15H,5-7H2,1-4H3/t9-,10?,12-/m0/s1. The van der Waals surface area contributed by atoms with Crippen LogP contribution in [0.5, 0.6) is 0 Å². The molecule has 100 valence electrons. The van der Waals surface area contributed by atoms with Gasteiger partial charge >= 0.3 is 5.97 Å². The van der Waals surface area contributed by atoms with Crippen molar-refractivity contribution in [2.75, 3.05) is 6.61 Å². The fourth-order valence-corrected chi connectivity index (χ4v) is 1.98.